The van der Waals surface area contributed by atoms with E-state index in [1.54, 1.807) is 18.2 Å². The molecule has 0 spiro atoms. The zero-order valence-corrected chi connectivity index (χ0v) is 13.4. The van der Waals surface area contributed by atoms with Crippen LogP contribution in [-0.4, -0.2) is 49.2 Å². The maximum Gasteiger partial charge on any atom is 0.220 e. The minimum atomic E-state index is -0.246. The summed E-state index contributed by atoms with van der Waals surface area (Å²) < 4.78 is 18.9. The molecule has 0 aromatic heterocycles. The third-order valence-electron chi connectivity index (χ3n) is 4.16. The molecule has 1 fully saturated rings. The Hall–Kier alpha value is -1.46. The molecule has 1 aliphatic heterocycles. The molecule has 1 saturated heterocycles. The number of amides is 1. The molecule has 1 aromatic carbocycles. The van der Waals surface area contributed by atoms with Gasteiger partial charge in [-0.25, -0.2) is 4.39 Å². The number of carbonyl (C=O) groups is 1. The van der Waals surface area contributed by atoms with Gasteiger partial charge in [0.1, 0.15) is 5.82 Å². The molecule has 0 aliphatic carbocycles. The number of aryl methyl sites for hydroxylation is 1. The fraction of sp³-hybridized carbons (Fsp3) is 0.588. The Kier molecular flexibility index (Phi) is 5.91. The lowest BCUT2D eigenvalue weighted by Crippen LogP contribution is -2.55. The second-order valence-corrected chi connectivity index (χ2v) is 6.28. The quantitative estimate of drug-likeness (QED) is 0.874. The molecule has 122 valence electrons. The highest BCUT2D eigenvalue weighted by atomic mass is 19.1. The van der Waals surface area contributed by atoms with Crippen molar-refractivity contribution in [2.45, 2.75) is 32.2 Å². The maximum absolute atomic E-state index is 13.5. The Bertz CT molecular complexity index is 499. The van der Waals surface area contributed by atoms with Gasteiger partial charge >= 0.3 is 0 Å². The number of ether oxygens (including phenoxy) is 1. The first-order chi connectivity index (χ1) is 10.5. The maximum atomic E-state index is 13.5. The number of morpholine rings is 1. The van der Waals surface area contributed by atoms with Crippen molar-refractivity contribution in [1.29, 1.82) is 0 Å². The van der Waals surface area contributed by atoms with Crippen molar-refractivity contribution in [3.63, 3.8) is 0 Å². The van der Waals surface area contributed by atoms with Crippen LogP contribution in [0.2, 0.25) is 0 Å². The molecule has 1 N–H and O–H groups in total. The van der Waals surface area contributed by atoms with Crippen molar-refractivity contribution in [3.8, 4) is 0 Å². The van der Waals surface area contributed by atoms with Gasteiger partial charge in [0.15, 0.2) is 0 Å². The number of nitrogens with one attached hydrogen (secondary N) is 1. The van der Waals surface area contributed by atoms with Crippen molar-refractivity contribution in [3.05, 3.63) is 35.6 Å². The summed E-state index contributed by atoms with van der Waals surface area (Å²) in [7, 11) is 0. The van der Waals surface area contributed by atoms with Crippen LogP contribution in [0, 0.1) is 5.82 Å². The van der Waals surface area contributed by atoms with Gasteiger partial charge in [-0.05, 0) is 31.9 Å². The van der Waals surface area contributed by atoms with Gasteiger partial charge in [0, 0.05) is 31.6 Å². The fourth-order valence-corrected chi connectivity index (χ4v) is 2.63. The Morgan fingerprint density at radius 1 is 1.32 bits per heavy atom. The van der Waals surface area contributed by atoms with Crippen molar-refractivity contribution < 1.29 is 13.9 Å². The fourth-order valence-electron chi connectivity index (χ4n) is 2.63. The molecule has 0 radical (unpaired) electrons. The van der Waals surface area contributed by atoms with E-state index in [-0.39, 0.29) is 17.3 Å². The molecule has 22 heavy (non-hydrogen) atoms. The van der Waals surface area contributed by atoms with Crippen LogP contribution in [0.3, 0.4) is 0 Å². The molecule has 2 rings (SSSR count). The third-order valence-corrected chi connectivity index (χ3v) is 4.16. The second-order valence-electron chi connectivity index (χ2n) is 6.28. The van der Waals surface area contributed by atoms with Gasteiger partial charge in [0.25, 0.3) is 0 Å². The van der Waals surface area contributed by atoms with E-state index in [0.29, 0.717) is 24.9 Å². The average Bonchev–Trinajstić information content (AvgIpc) is 2.53. The zero-order valence-electron chi connectivity index (χ0n) is 13.4. The summed E-state index contributed by atoms with van der Waals surface area (Å²) in [6.07, 6.45) is 0.733. The van der Waals surface area contributed by atoms with Crippen LogP contribution in [0.25, 0.3) is 0 Å². The van der Waals surface area contributed by atoms with Gasteiger partial charge in [-0.15, -0.1) is 0 Å². The Labute approximate surface area is 131 Å². The van der Waals surface area contributed by atoms with Crippen LogP contribution < -0.4 is 5.32 Å². The number of nitrogens with zero attached hydrogens (tertiary/aromatic N) is 1. The van der Waals surface area contributed by atoms with Crippen molar-refractivity contribution >= 4 is 5.91 Å². The molecule has 5 heteroatoms. The van der Waals surface area contributed by atoms with Gasteiger partial charge in [0.2, 0.25) is 5.91 Å². The number of carbonyl (C=O) groups excluding carboxylic acids is 1. The van der Waals surface area contributed by atoms with E-state index in [1.807, 2.05) is 0 Å². The molecule has 0 atom stereocenters. The topological polar surface area (TPSA) is 41.6 Å². The Balaban J connectivity index is 1.76. The van der Waals surface area contributed by atoms with E-state index < -0.39 is 0 Å². The number of hydrogen-bond acceptors (Lipinski definition) is 3. The van der Waals surface area contributed by atoms with Gasteiger partial charge in [-0.2, -0.15) is 0 Å². The summed E-state index contributed by atoms with van der Waals surface area (Å²) in [5.41, 5.74) is 0.488. The zero-order chi connectivity index (χ0) is 16.0. The smallest absolute Gasteiger partial charge is 0.220 e. The van der Waals surface area contributed by atoms with E-state index >= 15 is 0 Å². The highest BCUT2D eigenvalue weighted by Crippen LogP contribution is 2.15. The second kappa shape index (κ2) is 7.70. The highest BCUT2D eigenvalue weighted by molar-refractivity contribution is 5.76. The number of rotatable bonds is 6. The minimum absolute atomic E-state index is 0.0374. The van der Waals surface area contributed by atoms with Gasteiger partial charge < -0.3 is 10.1 Å². The van der Waals surface area contributed by atoms with E-state index in [4.69, 9.17) is 4.74 Å². The van der Waals surface area contributed by atoms with Gasteiger partial charge in [-0.1, -0.05) is 18.2 Å². The number of hydrogen-bond donors (Lipinski definition) is 1. The first-order valence-corrected chi connectivity index (χ1v) is 7.82. The van der Waals surface area contributed by atoms with E-state index in [9.17, 15) is 9.18 Å². The van der Waals surface area contributed by atoms with Crippen molar-refractivity contribution in [1.82, 2.24) is 10.2 Å². The van der Waals surface area contributed by atoms with E-state index in [2.05, 4.69) is 24.1 Å². The summed E-state index contributed by atoms with van der Waals surface area (Å²) in [4.78, 5) is 14.3. The van der Waals surface area contributed by atoms with Crippen molar-refractivity contribution in [2.75, 3.05) is 32.8 Å². The molecule has 0 saturated carbocycles. The predicted molar refractivity (Wildman–Crippen MR) is 84.2 cm³/mol. The van der Waals surface area contributed by atoms with Gasteiger partial charge in [0.05, 0.1) is 13.2 Å². The standard InChI is InChI=1S/C17H25FN2O2/c1-17(2,20-9-11-22-12-10-20)13-19-16(21)8-7-14-5-3-4-6-15(14)18/h3-6H,7-13H2,1-2H3,(H,19,21). The lowest BCUT2D eigenvalue weighted by Gasteiger charge is -2.40. The molecule has 0 unspecified atom stereocenters. The van der Waals surface area contributed by atoms with Crippen LogP contribution >= 0.6 is 0 Å². The van der Waals surface area contributed by atoms with E-state index in [0.717, 1.165) is 26.3 Å². The predicted octanol–water partition coefficient (Wildman–Crippen LogP) is 1.99. The largest absolute Gasteiger partial charge is 0.379 e. The summed E-state index contributed by atoms with van der Waals surface area (Å²) >= 11 is 0. The summed E-state index contributed by atoms with van der Waals surface area (Å²) in [5, 5.41) is 2.97. The third kappa shape index (κ3) is 4.78. The lowest BCUT2D eigenvalue weighted by molar-refractivity contribution is -0.121. The molecule has 4 nitrogen and oxygen atoms in total. The monoisotopic (exact) mass is 308 g/mol. The first kappa shape index (κ1) is 16.9. The molecule has 1 aromatic rings. The molecular weight excluding hydrogens is 283 g/mol. The van der Waals surface area contributed by atoms with Crippen LogP contribution in [0.15, 0.2) is 24.3 Å². The molecular formula is C17H25FN2O2. The molecule has 1 aliphatic rings. The molecule has 0 bridgehead atoms. The minimum Gasteiger partial charge on any atom is -0.379 e. The number of benzene rings is 1. The summed E-state index contributed by atoms with van der Waals surface area (Å²) in [5.74, 6) is -0.284. The van der Waals surface area contributed by atoms with Crippen molar-refractivity contribution in [2.24, 2.45) is 0 Å². The summed E-state index contributed by atoms with van der Waals surface area (Å²) in [6.45, 7) is 8.08. The van der Waals surface area contributed by atoms with Crippen LogP contribution in [0.4, 0.5) is 4.39 Å². The number of halogens is 1. The Morgan fingerprint density at radius 3 is 2.68 bits per heavy atom. The molecule has 1 amide bonds. The van der Waals surface area contributed by atoms with Crippen LogP contribution in [-0.2, 0) is 16.0 Å². The Morgan fingerprint density at radius 2 is 2.00 bits per heavy atom. The average molecular weight is 308 g/mol. The van der Waals surface area contributed by atoms with Crippen LogP contribution in [0.5, 0.6) is 0 Å². The molecule has 1 heterocycles. The van der Waals surface area contributed by atoms with E-state index in [1.165, 1.54) is 6.07 Å². The SMILES string of the molecule is CC(C)(CNC(=O)CCc1ccccc1F)N1CCOCC1. The first-order valence-electron chi connectivity index (χ1n) is 7.82. The highest BCUT2D eigenvalue weighted by Gasteiger charge is 2.28. The summed E-state index contributed by atoms with van der Waals surface area (Å²) in [6, 6.07) is 6.59. The van der Waals surface area contributed by atoms with Crippen LogP contribution in [0.1, 0.15) is 25.8 Å². The lowest BCUT2D eigenvalue weighted by atomic mass is 10.0. The normalized spacial score (nSPS) is 16.5. The van der Waals surface area contributed by atoms with Gasteiger partial charge in [-0.3, -0.25) is 9.69 Å².